The molecule has 0 unspecified atom stereocenters. The van der Waals surface area contributed by atoms with Crippen LogP contribution in [0.15, 0.2) is 30.3 Å². The van der Waals surface area contributed by atoms with Crippen LogP contribution in [-0.2, 0) is 11.3 Å². The van der Waals surface area contributed by atoms with Crippen molar-refractivity contribution >= 4 is 31.9 Å². The Morgan fingerprint density at radius 3 is 2.54 bits per heavy atom. The number of hydrogen-bond acceptors (Lipinski definition) is 1. The molecule has 0 spiro atoms. The van der Waals surface area contributed by atoms with Crippen LogP contribution in [0.2, 0.25) is 0 Å². The normalized spacial score (nSPS) is 12.8. The van der Waals surface area contributed by atoms with Gasteiger partial charge in [0.15, 0.2) is 0 Å². The fourth-order valence-electron chi connectivity index (χ4n) is 0.923. The topological polar surface area (TPSA) is 9.23 Å². The predicted octanol–water partition coefficient (Wildman–Crippen LogP) is 3.36. The van der Waals surface area contributed by atoms with E-state index < -0.39 is 0 Å². The standard InChI is InChI=1S/C10H12Br2O/c11-6-10(12)8-13-7-9-4-2-1-3-5-9/h1-5,10H,6-8H2/t10-/m1/s1. The Balaban J connectivity index is 2.20. The molecule has 0 aromatic heterocycles. The molecule has 1 nitrogen and oxygen atoms in total. The van der Waals surface area contributed by atoms with E-state index in [0.717, 1.165) is 11.9 Å². The third-order valence-corrected chi connectivity index (χ3v) is 3.82. The maximum absolute atomic E-state index is 5.50. The van der Waals surface area contributed by atoms with Crippen LogP contribution in [0.1, 0.15) is 5.56 Å². The van der Waals surface area contributed by atoms with Crippen LogP contribution in [0, 0.1) is 0 Å². The summed E-state index contributed by atoms with van der Waals surface area (Å²) in [4.78, 5) is 0.399. The monoisotopic (exact) mass is 306 g/mol. The van der Waals surface area contributed by atoms with Crippen molar-refractivity contribution in [1.29, 1.82) is 0 Å². The van der Waals surface area contributed by atoms with E-state index in [1.807, 2.05) is 18.2 Å². The Labute approximate surface area is 95.7 Å². The van der Waals surface area contributed by atoms with Gasteiger partial charge in [0.05, 0.1) is 13.2 Å². The third-order valence-electron chi connectivity index (χ3n) is 1.58. The summed E-state index contributed by atoms with van der Waals surface area (Å²) < 4.78 is 5.50. The lowest BCUT2D eigenvalue weighted by atomic mass is 10.2. The van der Waals surface area contributed by atoms with E-state index in [-0.39, 0.29) is 0 Å². The summed E-state index contributed by atoms with van der Waals surface area (Å²) in [5, 5.41) is 0.918. The van der Waals surface area contributed by atoms with E-state index >= 15 is 0 Å². The van der Waals surface area contributed by atoms with Crippen LogP contribution >= 0.6 is 31.9 Å². The van der Waals surface area contributed by atoms with Crippen molar-refractivity contribution in [3.05, 3.63) is 35.9 Å². The van der Waals surface area contributed by atoms with E-state index in [2.05, 4.69) is 44.0 Å². The predicted molar refractivity (Wildman–Crippen MR) is 62.6 cm³/mol. The van der Waals surface area contributed by atoms with Crippen LogP contribution in [-0.4, -0.2) is 16.8 Å². The Bertz CT molecular complexity index is 226. The molecular formula is C10H12Br2O. The highest BCUT2D eigenvalue weighted by Crippen LogP contribution is 2.06. The molecule has 1 atom stereocenters. The first-order valence-electron chi connectivity index (χ1n) is 4.14. The van der Waals surface area contributed by atoms with E-state index in [4.69, 9.17) is 4.74 Å². The zero-order valence-electron chi connectivity index (χ0n) is 7.25. The average Bonchev–Trinajstić information content (AvgIpc) is 2.19. The van der Waals surface area contributed by atoms with Gasteiger partial charge in [0.1, 0.15) is 0 Å². The number of hydrogen-bond donors (Lipinski definition) is 0. The molecule has 0 amide bonds. The van der Waals surface area contributed by atoms with E-state index in [1.54, 1.807) is 0 Å². The summed E-state index contributed by atoms with van der Waals surface area (Å²) >= 11 is 6.85. The molecule has 0 radical (unpaired) electrons. The smallest absolute Gasteiger partial charge is 0.0717 e. The maximum atomic E-state index is 5.50. The molecule has 0 aliphatic heterocycles. The van der Waals surface area contributed by atoms with Gasteiger partial charge in [0, 0.05) is 10.2 Å². The molecule has 3 heteroatoms. The molecule has 72 valence electrons. The number of rotatable bonds is 5. The SMILES string of the molecule is BrC[C@@H](Br)COCc1ccccc1. The summed E-state index contributed by atoms with van der Waals surface area (Å²) in [6.07, 6.45) is 0. The van der Waals surface area contributed by atoms with Crippen LogP contribution in [0.3, 0.4) is 0 Å². The van der Waals surface area contributed by atoms with Crippen molar-refractivity contribution in [3.8, 4) is 0 Å². The number of halogens is 2. The first-order chi connectivity index (χ1) is 6.33. The first-order valence-corrected chi connectivity index (χ1v) is 6.18. The van der Waals surface area contributed by atoms with Gasteiger partial charge in [-0.1, -0.05) is 62.2 Å². The average molecular weight is 308 g/mol. The minimum atomic E-state index is 0.399. The van der Waals surface area contributed by atoms with Gasteiger partial charge in [-0.2, -0.15) is 0 Å². The number of ether oxygens (including phenoxy) is 1. The van der Waals surface area contributed by atoms with Crippen LogP contribution in [0.25, 0.3) is 0 Å². The molecule has 13 heavy (non-hydrogen) atoms. The lowest BCUT2D eigenvalue weighted by Crippen LogP contribution is -2.09. The lowest BCUT2D eigenvalue weighted by molar-refractivity contribution is 0.126. The molecule has 0 N–H and O–H groups in total. The van der Waals surface area contributed by atoms with Gasteiger partial charge < -0.3 is 4.74 Å². The van der Waals surface area contributed by atoms with E-state index in [1.165, 1.54) is 5.56 Å². The highest BCUT2D eigenvalue weighted by molar-refractivity contribution is 9.12. The molecule has 1 aromatic rings. The summed E-state index contributed by atoms with van der Waals surface area (Å²) in [5.74, 6) is 0. The van der Waals surface area contributed by atoms with Gasteiger partial charge in [-0.05, 0) is 5.56 Å². The minimum Gasteiger partial charge on any atom is -0.376 e. The molecule has 1 rings (SSSR count). The fourth-order valence-corrected chi connectivity index (χ4v) is 1.30. The summed E-state index contributed by atoms with van der Waals surface area (Å²) in [6.45, 7) is 1.43. The first kappa shape index (κ1) is 11.2. The van der Waals surface area contributed by atoms with Crippen molar-refractivity contribution in [2.24, 2.45) is 0 Å². The van der Waals surface area contributed by atoms with Crippen LogP contribution in [0.4, 0.5) is 0 Å². The van der Waals surface area contributed by atoms with Crippen molar-refractivity contribution < 1.29 is 4.74 Å². The summed E-state index contributed by atoms with van der Waals surface area (Å²) in [6, 6.07) is 10.2. The highest BCUT2D eigenvalue weighted by atomic mass is 79.9. The molecule has 0 aliphatic rings. The van der Waals surface area contributed by atoms with Crippen molar-refractivity contribution in [2.75, 3.05) is 11.9 Å². The Kier molecular flexibility index (Phi) is 5.67. The molecule has 0 saturated carbocycles. The quantitative estimate of drug-likeness (QED) is 0.758. The van der Waals surface area contributed by atoms with E-state index in [0.29, 0.717) is 11.4 Å². The van der Waals surface area contributed by atoms with Gasteiger partial charge in [-0.15, -0.1) is 0 Å². The van der Waals surface area contributed by atoms with Crippen LogP contribution < -0.4 is 0 Å². The lowest BCUT2D eigenvalue weighted by Gasteiger charge is -2.07. The fraction of sp³-hybridized carbons (Fsp3) is 0.400. The Morgan fingerprint density at radius 2 is 1.92 bits per heavy atom. The number of alkyl halides is 2. The molecule has 0 fully saturated rings. The number of benzene rings is 1. The van der Waals surface area contributed by atoms with Gasteiger partial charge in [0.25, 0.3) is 0 Å². The van der Waals surface area contributed by atoms with Crippen molar-refractivity contribution in [2.45, 2.75) is 11.4 Å². The van der Waals surface area contributed by atoms with Gasteiger partial charge >= 0.3 is 0 Å². The molecular weight excluding hydrogens is 296 g/mol. The van der Waals surface area contributed by atoms with Gasteiger partial charge in [-0.25, -0.2) is 0 Å². The second-order valence-electron chi connectivity index (χ2n) is 2.75. The van der Waals surface area contributed by atoms with Gasteiger partial charge in [-0.3, -0.25) is 0 Å². The highest BCUT2D eigenvalue weighted by Gasteiger charge is 2.00. The molecule has 0 aliphatic carbocycles. The second kappa shape index (κ2) is 6.57. The van der Waals surface area contributed by atoms with Crippen molar-refractivity contribution in [1.82, 2.24) is 0 Å². The second-order valence-corrected chi connectivity index (χ2v) is 4.69. The Hall–Kier alpha value is 0.140. The molecule has 1 aromatic carbocycles. The summed E-state index contributed by atoms with van der Waals surface area (Å²) in [7, 11) is 0. The zero-order chi connectivity index (χ0) is 9.52. The van der Waals surface area contributed by atoms with Crippen molar-refractivity contribution in [3.63, 3.8) is 0 Å². The summed E-state index contributed by atoms with van der Waals surface area (Å²) in [5.41, 5.74) is 1.22. The maximum Gasteiger partial charge on any atom is 0.0717 e. The molecule has 0 bridgehead atoms. The largest absolute Gasteiger partial charge is 0.376 e. The molecule has 0 heterocycles. The van der Waals surface area contributed by atoms with Gasteiger partial charge in [0.2, 0.25) is 0 Å². The third kappa shape index (κ3) is 4.79. The zero-order valence-corrected chi connectivity index (χ0v) is 10.4. The van der Waals surface area contributed by atoms with Crippen LogP contribution in [0.5, 0.6) is 0 Å². The Morgan fingerprint density at radius 1 is 1.23 bits per heavy atom. The van der Waals surface area contributed by atoms with E-state index in [9.17, 15) is 0 Å². The molecule has 0 saturated heterocycles. The minimum absolute atomic E-state index is 0.399.